The largest absolute Gasteiger partial charge is 0.285 e. The van der Waals surface area contributed by atoms with Gasteiger partial charge in [-0.05, 0) is 25.5 Å². The maximum absolute atomic E-state index is 11.4. The molecule has 0 fully saturated rings. The van der Waals surface area contributed by atoms with Gasteiger partial charge in [0.2, 0.25) is 0 Å². The highest BCUT2D eigenvalue weighted by Crippen LogP contribution is 2.19. The van der Waals surface area contributed by atoms with Crippen molar-refractivity contribution in [2.75, 3.05) is 5.43 Å². The van der Waals surface area contributed by atoms with Gasteiger partial charge in [-0.2, -0.15) is 15.3 Å². The normalized spacial score (nSPS) is 11.2. The monoisotopic (exact) mass is 390 g/mol. The Balaban J connectivity index is 1.81. The summed E-state index contributed by atoms with van der Waals surface area (Å²) in [7, 11) is 0. The first-order valence-electron chi connectivity index (χ1n) is 7.77. The number of H-pyrrole nitrogens is 1. The summed E-state index contributed by atoms with van der Waals surface area (Å²) < 4.78 is 1.87. The lowest BCUT2D eigenvalue weighted by atomic mass is 10.2. The molecule has 0 aliphatic carbocycles. The molecule has 1 aromatic carbocycles. The van der Waals surface area contributed by atoms with Crippen molar-refractivity contribution in [1.29, 1.82) is 0 Å². The van der Waals surface area contributed by atoms with E-state index in [2.05, 4.69) is 25.8 Å². The molecule has 0 spiro atoms. The number of rotatable bonds is 5. The lowest BCUT2D eigenvalue weighted by Gasteiger charge is -2.06. The van der Waals surface area contributed by atoms with Crippen LogP contribution in [-0.4, -0.2) is 26.2 Å². The fourth-order valence-electron chi connectivity index (χ4n) is 2.47. The standard InChI is InChI=1S/C17H16Cl2N6O/c1-10-13(7-20-22-15-8-21-23-17(26)16(15)19)11(2)25(24-10)9-12-5-3-4-6-14(12)18/h3-8H,9H2,1-2H3,(H2,22,23,26)/b20-7-. The first-order valence-corrected chi connectivity index (χ1v) is 8.52. The highest BCUT2D eigenvalue weighted by atomic mass is 35.5. The highest BCUT2D eigenvalue weighted by Gasteiger charge is 2.11. The number of hydrazone groups is 1. The van der Waals surface area contributed by atoms with Gasteiger partial charge in [-0.3, -0.25) is 14.9 Å². The van der Waals surface area contributed by atoms with Crippen LogP contribution in [-0.2, 0) is 6.54 Å². The third kappa shape index (κ3) is 3.79. The molecule has 0 saturated carbocycles. The molecular weight excluding hydrogens is 375 g/mol. The fraction of sp³-hybridized carbons (Fsp3) is 0.176. The van der Waals surface area contributed by atoms with Crippen LogP contribution in [0.2, 0.25) is 10.0 Å². The van der Waals surface area contributed by atoms with Gasteiger partial charge in [0.05, 0.1) is 24.7 Å². The van der Waals surface area contributed by atoms with E-state index >= 15 is 0 Å². The maximum atomic E-state index is 11.4. The van der Waals surface area contributed by atoms with Gasteiger partial charge in [-0.1, -0.05) is 41.4 Å². The third-order valence-corrected chi connectivity index (χ3v) is 4.63. The first-order chi connectivity index (χ1) is 12.5. The smallest absolute Gasteiger partial charge is 0.275 e. The molecule has 3 rings (SSSR count). The second-order valence-corrected chi connectivity index (χ2v) is 6.42. The van der Waals surface area contributed by atoms with Crippen molar-refractivity contribution < 1.29 is 0 Å². The minimum absolute atomic E-state index is 0.00000787. The van der Waals surface area contributed by atoms with Crippen molar-refractivity contribution in [3.8, 4) is 0 Å². The Hall–Kier alpha value is -2.64. The Labute approximate surface area is 159 Å². The van der Waals surface area contributed by atoms with Gasteiger partial charge in [0.15, 0.2) is 0 Å². The predicted octanol–water partition coefficient (Wildman–Crippen LogP) is 3.38. The molecule has 2 heterocycles. The minimum atomic E-state index is -0.480. The molecule has 0 unspecified atom stereocenters. The Morgan fingerprint density at radius 3 is 2.85 bits per heavy atom. The average Bonchev–Trinajstić information content (AvgIpc) is 2.88. The van der Waals surface area contributed by atoms with Crippen LogP contribution < -0.4 is 11.0 Å². The lowest BCUT2D eigenvalue weighted by molar-refractivity contribution is 0.659. The van der Waals surface area contributed by atoms with Crippen molar-refractivity contribution in [2.24, 2.45) is 5.10 Å². The molecule has 7 nitrogen and oxygen atoms in total. The Bertz CT molecular complexity index is 1020. The van der Waals surface area contributed by atoms with E-state index in [0.29, 0.717) is 17.3 Å². The molecule has 3 aromatic rings. The second kappa shape index (κ2) is 7.72. The van der Waals surface area contributed by atoms with Crippen LogP contribution in [0, 0.1) is 13.8 Å². The maximum Gasteiger partial charge on any atom is 0.285 e. The molecule has 0 amide bonds. The number of hydrogen-bond donors (Lipinski definition) is 2. The molecule has 0 atom stereocenters. The third-order valence-electron chi connectivity index (χ3n) is 3.89. The van der Waals surface area contributed by atoms with Crippen LogP contribution in [0.15, 0.2) is 40.4 Å². The molecule has 0 saturated heterocycles. The summed E-state index contributed by atoms with van der Waals surface area (Å²) in [5.41, 5.74) is 6.20. The van der Waals surface area contributed by atoms with Crippen LogP contribution in [0.5, 0.6) is 0 Å². The quantitative estimate of drug-likeness (QED) is 0.516. The number of aryl methyl sites for hydroxylation is 1. The summed E-state index contributed by atoms with van der Waals surface area (Å²) in [5, 5.41) is 15.3. The molecule has 0 aliphatic heterocycles. The Kier molecular flexibility index (Phi) is 5.39. The van der Waals surface area contributed by atoms with E-state index in [1.54, 1.807) is 6.21 Å². The van der Waals surface area contributed by atoms with Crippen LogP contribution in [0.1, 0.15) is 22.5 Å². The van der Waals surface area contributed by atoms with Crippen LogP contribution in [0.4, 0.5) is 5.69 Å². The number of anilines is 1. The summed E-state index contributed by atoms with van der Waals surface area (Å²) in [5.74, 6) is 0. The average molecular weight is 391 g/mol. The highest BCUT2D eigenvalue weighted by molar-refractivity contribution is 6.33. The molecule has 134 valence electrons. The Morgan fingerprint density at radius 2 is 2.08 bits per heavy atom. The van der Waals surface area contributed by atoms with Crippen molar-refractivity contribution in [1.82, 2.24) is 20.0 Å². The number of hydrogen-bond acceptors (Lipinski definition) is 5. The van der Waals surface area contributed by atoms with E-state index in [9.17, 15) is 4.79 Å². The van der Waals surface area contributed by atoms with E-state index in [1.165, 1.54) is 6.20 Å². The van der Waals surface area contributed by atoms with Crippen molar-refractivity contribution in [3.05, 3.63) is 73.4 Å². The zero-order valence-corrected chi connectivity index (χ0v) is 15.6. The summed E-state index contributed by atoms with van der Waals surface area (Å²) in [6, 6.07) is 7.66. The molecule has 0 radical (unpaired) electrons. The van der Waals surface area contributed by atoms with Gasteiger partial charge in [-0.25, -0.2) is 5.10 Å². The van der Waals surface area contributed by atoms with E-state index in [4.69, 9.17) is 23.2 Å². The molecule has 0 bridgehead atoms. The summed E-state index contributed by atoms with van der Waals surface area (Å²) in [6.45, 7) is 4.43. The molecule has 26 heavy (non-hydrogen) atoms. The first kappa shape index (κ1) is 18.2. The van der Waals surface area contributed by atoms with Gasteiger partial charge in [0.1, 0.15) is 10.7 Å². The van der Waals surface area contributed by atoms with Crippen molar-refractivity contribution in [2.45, 2.75) is 20.4 Å². The van der Waals surface area contributed by atoms with E-state index in [1.807, 2.05) is 42.8 Å². The van der Waals surface area contributed by atoms with Crippen molar-refractivity contribution in [3.63, 3.8) is 0 Å². The van der Waals surface area contributed by atoms with Crippen LogP contribution in [0.3, 0.4) is 0 Å². The van der Waals surface area contributed by atoms with Gasteiger partial charge in [0, 0.05) is 16.3 Å². The molecule has 2 N–H and O–H groups in total. The van der Waals surface area contributed by atoms with Gasteiger partial charge >= 0.3 is 0 Å². The number of nitrogens with one attached hydrogen (secondary N) is 2. The number of aromatic nitrogens is 4. The minimum Gasteiger partial charge on any atom is -0.275 e. The van der Waals surface area contributed by atoms with Crippen molar-refractivity contribution >= 4 is 35.1 Å². The molecule has 9 heteroatoms. The summed E-state index contributed by atoms with van der Waals surface area (Å²) in [4.78, 5) is 11.4. The molecule has 2 aromatic heterocycles. The Morgan fingerprint density at radius 1 is 1.31 bits per heavy atom. The summed E-state index contributed by atoms with van der Waals surface area (Å²) in [6.07, 6.45) is 3.03. The van der Waals surface area contributed by atoms with Gasteiger partial charge < -0.3 is 0 Å². The lowest BCUT2D eigenvalue weighted by Crippen LogP contribution is -2.10. The fourth-order valence-corrected chi connectivity index (χ4v) is 2.80. The van der Waals surface area contributed by atoms with E-state index in [-0.39, 0.29) is 5.02 Å². The number of halogens is 2. The zero-order chi connectivity index (χ0) is 18.7. The topological polar surface area (TPSA) is 88.0 Å². The van der Waals surface area contributed by atoms with Crippen LogP contribution >= 0.6 is 23.2 Å². The van der Waals surface area contributed by atoms with E-state index < -0.39 is 5.56 Å². The number of aromatic amines is 1. The number of nitrogens with zero attached hydrogens (tertiary/aromatic N) is 4. The van der Waals surface area contributed by atoms with E-state index in [0.717, 1.165) is 22.5 Å². The number of benzene rings is 1. The molecule has 0 aliphatic rings. The van der Waals surface area contributed by atoms with Crippen LogP contribution in [0.25, 0.3) is 0 Å². The van der Waals surface area contributed by atoms with Gasteiger partial charge in [0.25, 0.3) is 5.56 Å². The summed E-state index contributed by atoms with van der Waals surface area (Å²) >= 11 is 12.1. The predicted molar refractivity (Wildman–Crippen MR) is 103 cm³/mol. The van der Waals surface area contributed by atoms with Gasteiger partial charge in [-0.15, -0.1) is 0 Å². The SMILES string of the molecule is Cc1nn(Cc2ccccc2Cl)c(C)c1/C=N\Nc1cn[nH]c(=O)c1Cl. The zero-order valence-electron chi connectivity index (χ0n) is 14.1. The molecular formula is C17H16Cl2N6O. The second-order valence-electron chi connectivity index (χ2n) is 5.63.